The smallest absolute Gasteiger partial charge is 0.101 e. The van der Waals surface area contributed by atoms with Gasteiger partial charge in [-0.05, 0) is 37.5 Å². The van der Waals surface area contributed by atoms with Crippen LogP contribution in [0.5, 0.6) is 0 Å². The molecular weight excluding hydrogens is 224 g/mol. The number of benzene rings is 1. The van der Waals surface area contributed by atoms with Gasteiger partial charge in [0.25, 0.3) is 0 Å². The van der Waals surface area contributed by atoms with Crippen LogP contribution in [0, 0.1) is 24.2 Å². The first-order valence-electron chi connectivity index (χ1n) is 6.60. The molecule has 0 radical (unpaired) electrons. The molecule has 1 aliphatic rings. The lowest BCUT2D eigenvalue weighted by Gasteiger charge is -2.18. The first kappa shape index (κ1) is 12.9. The van der Waals surface area contributed by atoms with Gasteiger partial charge in [-0.3, -0.25) is 0 Å². The van der Waals surface area contributed by atoms with Gasteiger partial charge in [0.2, 0.25) is 0 Å². The molecule has 1 aromatic rings. The molecular formula is C15H20N2O. The van der Waals surface area contributed by atoms with Crippen LogP contribution in [0.15, 0.2) is 18.2 Å². The molecule has 3 nitrogen and oxygen atoms in total. The van der Waals surface area contributed by atoms with E-state index in [-0.39, 0.29) is 0 Å². The first-order chi connectivity index (χ1) is 8.74. The van der Waals surface area contributed by atoms with Crippen LogP contribution in [0.25, 0.3) is 0 Å². The van der Waals surface area contributed by atoms with Gasteiger partial charge in [0.1, 0.15) is 6.07 Å². The van der Waals surface area contributed by atoms with Crippen LogP contribution in [0.3, 0.4) is 0 Å². The fourth-order valence-corrected chi connectivity index (χ4v) is 2.52. The van der Waals surface area contributed by atoms with Gasteiger partial charge in [-0.15, -0.1) is 0 Å². The fraction of sp³-hybridized carbons (Fsp3) is 0.533. The van der Waals surface area contributed by atoms with Crippen molar-refractivity contribution in [3.8, 4) is 6.07 Å². The minimum absolute atomic E-state index is 0.369. The summed E-state index contributed by atoms with van der Waals surface area (Å²) in [6.45, 7) is 5.91. The highest BCUT2D eigenvalue weighted by Gasteiger charge is 2.26. The van der Waals surface area contributed by atoms with Crippen LogP contribution in [-0.4, -0.2) is 19.3 Å². The minimum atomic E-state index is 0.369. The summed E-state index contributed by atoms with van der Waals surface area (Å²) in [5.74, 6) is 0.558. The van der Waals surface area contributed by atoms with E-state index in [2.05, 4.69) is 18.3 Å². The number of nitrogens with one attached hydrogen (secondary N) is 1. The van der Waals surface area contributed by atoms with Gasteiger partial charge in [-0.1, -0.05) is 13.0 Å². The Morgan fingerprint density at radius 3 is 3.06 bits per heavy atom. The second-order valence-electron chi connectivity index (χ2n) is 4.91. The summed E-state index contributed by atoms with van der Waals surface area (Å²) >= 11 is 0. The van der Waals surface area contributed by atoms with Crippen LogP contribution in [0.2, 0.25) is 0 Å². The van der Waals surface area contributed by atoms with Crippen molar-refractivity contribution < 1.29 is 4.74 Å². The largest absolute Gasteiger partial charge is 0.384 e. The van der Waals surface area contributed by atoms with Crippen molar-refractivity contribution in [1.29, 1.82) is 5.26 Å². The van der Waals surface area contributed by atoms with E-state index in [0.29, 0.717) is 12.0 Å². The molecule has 1 aliphatic heterocycles. The zero-order chi connectivity index (χ0) is 13.0. The molecule has 0 aliphatic carbocycles. The van der Waals surface area contributed by atoms with E-state index in [9.17, 15) is 0 Å². The molecule has 1 N–H and O–H groups in total. The molecule has 18 heavy (non-hydrogen) atoms. The average Bonchev–Trinajstić information content (AvgIpc) is 2.84. The molecule has 1 saturated heterocycles. The van der Waals surface area contributed by atoms with Crippen LogP contribution in [0.4, 0.5) is 5.69 Å². The van der Waals surface area contributed by atoms with E-state index in [1.807, 2.05) is 25.1 Å². The Kier molecular flexibility index (Phi) is 4.22. The number of hydrogen-bond donors (Lipinski definition) is 1. The molecule has 2 unspecified atom stereocenters. The van der Waals surface area contributed by atoms with E-state index in [4.69, 9.17) is 10.00 Å². The fourth-order valence-electron chi connectivity index (χ4n) is 2.52. The quantitative estimate of drug-likeness (QED) is 0.885. The first-order valence-corrected chi connectivity index (χ1v) is 6.60. The van der Waals surface area contributed by atoms with Crippen molar-refractivity contribution in [2.24, 2.45) is 5.92 Å². The Balaban J connectivity index is 2.00. The van der Waals surface area contributed by atoms with Crippen molar-refractivity contribution >= 4 is 5.69 Å². The van der Waals surface area contributed by atoms with Crippen molar-refractivity contribution in [2.75, 3.05) is 18.5 Å². The summed E-state index contributed by atoms with van der Waals surface area (Å²) in [7, 11) is 0. The molecule has 2 atom stereocenters. The molecule has 0 bridgehead atoms. The number of rotatable bonds is 4. The summed E-state index contributed by atoms with van der Waals surface area (Å²) in [4.78, 5) is 0. The van der Waals surface area contributed by atoms with Gasteiger partial charge in [0.15, 0.2) is 0 Å². The Bertz CT molecular complexity index is 450. The second-order valence-corrected chi connectivity index (χ2v) is 4.91. The lowest BCUT2D eigenvalue weighted by atomic mass is 9.99. The SMILES string of the molecule is CCC1OCCC1CNc1ccc(C)cc1C#N. The third kappa shape index (κ3) is 2.83. The van der Waals surface area contributed by atoms with Crippen LogP contribution in [-0.2, 0) is 4.74 Å². The van der Waals surface area contributed by atoms with E-state index >= 15 is 0 Å². The molecule has 2 rings (SSSR count). The van der Waals surface area contributed by atoms with Crippen molar-refractivity contribution in [3.05, 3.63) is 29.3 Å². The van der Waals surface area contributed by atoms with Crippen molar-refractivity contribution in [2.45, 2.75) is 32.8 Å². The van der Waals surface area contributed by atoms with Gasteiger partial charge < -0.3 is 10.1 Å². The monoisotopic (exact) mass is 244 g/mol. The minimum Gasteiger partial charge on any atom is -0.384 e. The highest BCUT2D eigenvalue weighted by Crippen LogP contribution is 2.24. The number of anilines is 1. The zero-order valence-corrected chi connectivity index (χ0v) is 11.1. The van der Waals surface area contributed by atoms with Crippen LogP contribution >= 0.6 is 0 Å². The molecule has 0 saturated carbocycles. The van der Waals surface area contributed by atoms with Gasteiger partial charge in [0.05, 0.1) is 17.4 Å². The number of nitrogens with zero attached hydrogens (tertiary/aromatic N) is 1. The number of nitriles is 1. The van der Waals surface area contributed by atoms with E-state index in [1.54, 1.807) is 0 Å². The predicted octanol–water partition coefficient (Wildman–Crippen LogP) is 3.09. The van der Waals surface area contributed by atoms with Crippen LogP contribution in [0.1, 0.15) is 30.9 Å². The highest BCUT2D eigenvalue weighted by molar-refractivity contribution is 5.58. The number of hydrogen-bond acceptors (Lipinski definition) is 3. The molecule has 96 valence electrons. The van der Waals surface area contributed by atoms with E-state index < -0.39 is 0 Å². The standard InChI is InChI=1S/C15H20N2O/c1-3-15-12(6-7-18-15)10-17-14-5-4-11(2)8-13(14)9-16/h4-5,8,12,15,17H,3,6-7,10H2,1-2H3. The van der Waals surface area contributed by atoms with E-state index in [0.717, 1.165) is 42.8 Å². The summed E-state index contributed by atoms with van der Waals surface area (Å²) in [6.07, 6.45) is 2.54. The molecule has 1 heterocycles. The predicted molar refractivity (Wildman–Crippen MR) is 72.5 cm³/mol. The topological polar surface area (TPSA) is 45.0 Å². The summed E-state index contributed by atoms with van der Waals surface area (Å²) in [5.41, 5.74) is 2.78. The Morgan fingerprint density at radius 1 is 1.50 bits per heavy atom. The summed E-state index contributed by atoms with van der Waals surface area (Å²) in [6, 6.07) is 8.19. The van der Waals surface area contributed by atoms with Gasteiger partial charge in [0, 0.05) is 19.1 Å². The van der Waals surface area contributed by atoms with Crippen molar-refractivity contribution in [3.63, 3.8) is 0 Å². The normalized spacial score (nSPS) is 22.7. The van der Waals surface area contributed by atoms with Crippen LogP contribution < -0.4 is 5.32 Å². The maximum absolute atomic E-state index is 9.12. The zero-order valence-electron chi connectivity index (χ0n) is 11.1. The third-order valence-electron chi connectivity index (χ3n) is 3.60. The molecule has 0 spiro atoms. The number of aryl methyl sites for hydroxylation is 1. The second kappa shape index (κ2) is 5.88. The maximum Gasteiger partial charge on any atom is 0.101 e. The molecule has 3 heteroatoms. The molecule has 0 amide bonds. The average molecular weight is 244 g/mol. The molecule has 1 fully saturated rings. The molecule has 1 aromatic carbocycles. The summed E-state index contributed by atoms with van der Waals surface area (Å²) in [5, 5.41) is 12.5. The lowest BCUT2D eigenvalue weighted by molar-refractivity contribution is 0.0900. The Hall–Kier alpha value is -1.53. The van der Waals surface area contributed by atoms with Gasteiger partial charge in [-0.25, -0.2) is 0 Å². The summed E-state index contributed by atoms with van der Waals surface area (Å²) < 4.78 is 5.67. The highest BCUT2D eigenvalue weighted by atomic mass is 16.5. The third-order valence-corrected chi connectivity index (χ3v) is 3.60. The maximum atomic E-state index is 9.12. The van der Waals surface area contributed by atoms with Gasteiger partial charge >= 0.3 is 0 Å². The van der Waals surface area contributed by atoms with Gasteiger partial charge in [-0.2, -0.15) is 5.26 Å². The Morgan fingerprint density at radius 2 is 2.33 bits per heavy atom. The molecule has 0 aromatic heterocycles. The Labute approximate surface area is 109 Å². The van der Waals surface area contributed by atoms with Crippen molar-refractivity contribution in [1.82, 2.24) is 0 Å². The van der Waals surface area contributed by atoms with E-state index in [1.165, 1.54) is 0 Å². The lowest BCUT2D eigenvalue weighted by Crippen LogP contribution is -2.23. The number of ether oxygens (including phenoxy) is 1.